The molecule has 1 nitrogen and oxygen atoms in total. The molecule has 0 aliphatic carbocycles. The maximum Gasteiger partial charge on any atom is 0.0369 e. The zero-order valence-electron chi connectivity index (χ0n) is 17.6. The first-order chi connectivity index (χ1) is 12.2. The summed E-state index contributed by atoms with van der Waals surface area (Å²) in [5.41, 5.74) is 4.27. The van der Waals surface area contributed by atoms with E-state index in [2.05, 4.69) is 50.8 Å². The fraction of sp³-hybridized carbons (Fsp3) is 0.750. The molecule has 0 radical (unpaired) electrons. The highest BCUT2D eigenvalue weighted by Crippen LogP contribution is 2.21. The Kier molecular flexibility index (Phi) is 12.5. The predicted molar refractivity (Wildman–Crippen MR) is 115 cm³/mol. The van der Waals surface area contributed by atoms with Gasteiger partial charge < -0.3 is 4.90 Å². The van der Waals surface area contributed by atoms with Gasteiger partial charge in [-0.05, 0) is 49.9 Å². The summed E-state index contributed by atoms with van der Waals surface area (Å²) in [6, 6.07) is 7.01. The fourth-order valence-electron chi connectivity index (χ4n) is 3.46. The Labute approximate surface area is 158 Å². The average Bonchev–Trinajstić information content (AvgIpc) is 2.61. The van der Waals surface area contributed by atoms with Crippen LogP contribution in [0.15, 0.2) is 18.2 Å². The molecule has 0 aliphatic rings. The third-order valence-electron chi connectivity index (χ3n) is 5.42. The quantitative estimate of drug-likeness (QED) is 0.293. The van der Waals surface area contributed by atoms with Gasteiger partial charge in [0.05, 0.1) is 0 Å². The molecule has 1 heteroatoms. The van der Waals surface area contributed by atoms with E-state index in [0.29, 0.717) is 0 Å². The van der Waals surface area contributed by atoms with E-state index in [1.165, 1.54) is 107 Å². The summed E-state index contributed by atoms with van der Waals surface area (Å²) in [4.78, 5) is 2.64. The summed E-state index contributed by atoms with van der Waals surface area (Å²) in [5.74, 6) is 0. The van der Waals surface area contributed by atoms with E-state index < -0.39 is 0 Å². The standard InChI is InChI=1S/C24H43N/c1-5-7-9-11-13-15-19-25(20-16-14-12-10-8-6-2)24-18-17-22(3)23(4)21-24/h17-18,21H,5-16,19-20H2,1-4H3. The third-order valence-corrected chi connectivity index (χ3v) is 5.42. The molecule has 0 unspecified atom stereocenters. The van der Waals surface area contributed by atoms with Gasteiger partial charge in [-0.25, -0.2) is 0 Å². The zero-order chi connectivity index (χ0) is 18.3. The van der Waals surface area contributed by atoms with Crippen molar-refractivity contribution < 1.29 is 0 Å². The van der Waals surface area contributed by atoms with Crippen LogP contribution in [0.4, 0.5) is 5.69 Å². The van der Waals surface area contributed by atoms with E-state index in [1.807, 2.05) is 0 Å². The summed E-state index contributed by atoms with van der Waals surface area (Å²) >= 11 is 0. The molecule has 1 aromatic rings. The number of anilines is 1. The fourth-order valence-corrected chi connectivity index (χ4v) is 3.46. The van der Waals surface area contributed by atoms with Gasteiger partial charge in [0.15, 0.2) is 0 Å². The third kappa shape index (κ3) is 9.92. The van der Waals surface area contributed by atoms with Gasteiger partial charge in [0.2, 0.25) is 0 Å². The Morgan fingerprint density at radius 2 is 1.08 bits per heavy atom. The normalized spacial score (nSPS) is 11.0. The van der Waals surface area contributed by atoms with Gasteiger partial charge in [-0.2, -0.15) is 0 Å². The first kappa shape index (κ1) is 22.1. The summed E-state index contributed by atoms with van der Waals surface area (Å²) < 4.78 is 0. The van der Waals surface area contributed by atoms with Crippen LogP contribution >= 0.6 is 0 Å². The van der Waals surface area contributed by atoms with Gasteiger partial charge in [0.1, 0.15) is 0 Å². The molecule has 0 fully saturated rings. The largest absolute Gasteiger partial charge is 0.372 e. The molecule has 0 heterocycles. The van der Waals surface area contributed by atoms with Crippen molar-refractivity contribution in [2.24, 2.45) is 0 Å². The van der Waals surface area contributed by atoms with Crippen LogP contribution in [0.1, 0.15) is 102 Å². The second kappa shape index (κ2) is 14.2. The molecule has 0 amide bonds. The van der Waals surface area contributed by atoms with Crippen molar-refractivity contribution in [1.82, 2.24) is 0 Å². The van der Waals surface area contributed by atoms with E-state index >= 15 is 0 Å². The molecule has 0 atom stereocenters. The van der Waals surface area contributed by atoms with Crippen LogP contribution in [0.5, 0.6) is 0 Å². The highest BCUT2D eigenvalue weighted by Gasteiger charge is 2.07. The zero-order valence-corrected chi connectivity index (χ0v) is 17.6. The van der Waals surface area contributed by atoms with Gasteiger partial charge >= 0.3 is 0 Å². The predicted octanol–water partition coefficient (Wildman–Crippen LogP) is 7.83. The lowest BCUT2D eigenvalue weighted by Crippen LogP contribution is -2.25. The average molecular weight is 346 g/mol. The number of unbranched alkanes of at least 4 members (excludes halogenated alkanes) is 10. The maximum atomic E-state index is 2.64. The molecule has 25 heavy (non-hydrogen) atoms. The van der Waals surface area contributed by atoms with E-state index in [-0.39, 0.29) is 0 Å². The van der Waals surface area contributed by atoms with Crippen LogP contribution in [0.2, 0.25) is 0 Å². The monoisotopic (exact) mass is 345 g/mol. The molecule has 0 spiro atoms. The highest BCUT2D eigenvalue weighted by molar-refractivity contribution is 5.50. The van der Waals surface area contributed by atoms with Crippen molar-refractivity contribution in [2.75, 3.05) is 18.0 Å². The number of aryl methyl sites for hydroxylation is 2. The number of benzene rings is 1. The van der Waals surface area contributed by atoms with Crippen LogP contribution < -0.4 is 4.90 Å². The van der Waals surface area contributed by atoms with E-state index in [4.69, 9.17) is 0 Å². The minimum atomic E-state index is 1.23. The van der Waals surface area contributed by atoms with E-state index in [1.54, 1.807) is 0 Å². The van der Waals surface area contributed by atoms with Crippen molar-refractivity contribution in [1.29, 1.82) is 0 Å². The minimum Gasteiger partial charge on any atom is -0.372 e. The number of hydrogen-bond donors (Lipinski definition) is 0. The lowest BCUT2D eigenvalue weighted by atomic mass is 10.1. The Hall–Kier alpha value is -0.980. The molecule has 1 aromatic carbocycles. The number of hydrogen-bond acceptors (Lipinski definition) is 1. The first-order valence-corrected chi connectivity index (χ1v) is 11.0. The molecule has 0 saturated heterocycles. The Bertz CT molecular complexity index is 422. The SMILES string of the molecule is CCCCCCCCN(CCCCCCCC)c1ccc(C)c(C)c1. The summed E-state index contributed by atoms with van der Waals surface area (Å²) in [5, 5.41) is 0. The number of nitrogens with zero attached hydrogens (tertiary/aromatic N) is 1. The van der Waals surface area contributed by atoms with Crippen molar-refractivity contribution >= 4 is 5.69 Å². The summed E-state index contributed by atoms with van der Waals surface area (Å²) in [6.07, 6.45) is 16.6. The Balaban J connectivity index is 2.44. The topological polar surface area (TPSA) is 3.24 Å². The molecular formula is C24H43N. The van der Waals surface area contributed by atoms with Gasteiger partial charge in [0, 0.05) is 18.8 Å². The molecule has 1 rings (SSSR count). The first-order valence-electron chi connectivity index (χ1n) is 11.0. The lowest BCUT2D eigenvalue weighted by molar-refractivity contribution is 0.575. The molecule has 0 aliphatic heterocycles. The highest BCUT2D eigenvalue weighted by atomic mass is 15.1. The molecule has 0 aromatic heterocycles. The van der Waals surface area contributed by atoms with Crippen molar-refractivity contribution in [3.05, 3.63) is 29.3 Å². The van der Waals surface area contributed by atoms with Crippen molar-refractivity contribution in [2.45, 2.75) is 105 Å². The molecular weight excluding hydrogens is 302 g/mol. The van der Waals surface area contributed by atoms with Gasteiger partial charge in [-0.1, -0.05) is 84.1 Å². The van der Waals surface area contributed by atoms with E-state index in [9.17, 15) is 0 Å². The van der Waals surface area contributed by atoms with E-state index in [0.717, 1.165) is 0 Å². The van der Waals surface area contributed by atoms with Crippen molar-refractivity contribution in [3.63, 3.8) is 0 Å². The molecule has 0 bridgehead atoms. The second-order valence-electron chi connectivity index (χ2n) is 7.79. The van der Waals surface area contributed by atoms with Gasteiger partial charge in [0.25, 0.3) is 0 Å². The van der Waals surface area contributed by atoms with Crippen LogP contribution in [0, 0.1) is 13.8 Å². The second-order valence-corrected chi connectivity index (χ2v) is 7.79. The molecule has 0 N–H and O–H groups in total. The Morgan fingerprint density at radius 3 is 1.56 bits per heavy atom. The Morgan fingerprint density at radius 1 is 0.600 bits per heavy atom. The minimum absolute atomic E-state index is 1.23. The van der Waals surface area contributed by atoms with Crippen LogP contribution in [-0.2, 0) is 0 Å². The van der Waals surface area contributed by atoms with Crippen LogP contribution in [-0.4, -0.2) is 13.1 Å². The van der Waals surface area contributed by atoms with Crippen LogP contribution in [0.3, 0.4) is 0 Å². The van der Waals surface area contributed by atoms with Gasteiger partial charge in [-0.15, -0.1) is 0 Å². The van der Waals surface area contributed by atoms with Crippen molar-refractivity contribution in [3.8, 4) is 0 Å². The van der Waals surface area contributed by atoms with Crippen LogP contribution in [0.25, 0.3) is 0 Å². The summed E-state index contributed by atoms with van der Waals surface area (Å²) in [7, 11) is 0. The van der Waals surface area contributed by atoms with Gasteiger partial charge in [-0.3, -0.25) is 0 Å². The number of rotatable bonds is 15. The summed E-state index contributed by atoms with van der Waals surface area (Å²) in [6.45, 7) is 11.5. The maximum absolute atomic E-state index is 2.64. The lowest BCUT2D eigenvalue weighted by Gasteiger charge is -2.26. The molecule has 0 saturated carbocycles. The molecule has 144 valence electrons. The smallest absolute Gasteiger partial charge is 0.0369 e.